The van der Waals surface area contributed by atoms with E-state index in [1.54, 1.807) is 0 Å². The molecule has 0 atom stereocenters. The molecule has 266 valence electrons. The lowest BCUT2D eigenvalue weighted by Gasteiger charge is -2.44. The van der Waals surface area contributed by atoms with E-state index < -0.39 is 8.07 Å². The first-order chi connectivity index (χ1) is 27.7. The second-order valence-corrected chi connectivity index (χ2v) is 18.0. The number of para-hydroxylation sites is 3. The number of aryl methyl sites for hydroxylation is 1. The fraction of sp³-hybridized carbons (Fsp3) is 0.0204. The van der Waals surface area contributed by atoms with Crippen LogP contribution in [0.5, 0.6) is 11.5 Å². The van der Waals surface area contributed by atoms with E-state index >= 15 is 0 Å². The predicted octanol–water partition coefficient (Wildman–Crippen LogP) is 9.49. The van der Waals surface area contributed by atoms with Gasteiger partial charge in [0.05, 0.1) is 16.7 Å². The lowest BCUT2D eigenvalue weighted by atomic mass is 10.1. The summed E-state index contributed by atoms with van der Waals surface area (Å²) < 4.78 is 15.6. The minimum absolute atomic E-state index is 0.731. The van der Waals surface area contributed by atoms with Gasteiger partial charge in [-0.1, -0.05) is 115 Å². The van der Waals surface area contributed by atoms with Crippen LogP contribution >= 0.6 is 0 Å². The zero-order chi connectivity index (χ0) is 37.2. The van der Waals surface area contributed by atoms with Crippen LogP contribution in [0.15, 0.2) is 193 Å². The van der Waals surface area contributed by atoms with E-state index in [0.29, 0.717) is 0 Å². The quantitative estimate of drug-likeness (QED) is 0.159. The van der Waals surface area contributed by atoms with E-state index in [4.69, 9.17) is 19.1 Å². The van der Waals surface area contributed by atoms with Crippen molar-refractivity contribution in [2.24, 2.45) is 7.05 Å². The van der Waals surface area contributed by atoms with Gasteiger partial charge in [-0.2, -0.15) is 0 Å². The van der Waals surface area contributed by atoms with Crippen molar-refractivity contribution in [3.63, 3.8) is 0 Å². The topological polar surface area (TPSA) is 56.3 Å². The number of pyridine rings is 1. The van der Waals surface area contributed by atoms with Gasteiger partial charge < -0.3 is 13.7 Å². The van der Waals surface area contributed by atoms with Crippen LogP contribution in [-0.4, -0.2) is 22.6 Å². The number of aromatic nitrogens is 3. The van der Waals surface area contributed by atoms with Gasteiger partial charge >= 0.3 is 0 Å². The molecule has 0 unspecified atom stereocenters. The molecule has 0 aliphatic carbocycles. The van der Waals surface area contributed by atoms with Crippen molar-refractivity contribution >= 4 is 79.0 Å². The molecule has 3 aromatic heterocycles. The van der Waals surface area contributed by atoms with E-state index in [1.165, 1.54) is 20.7 Å². The molecule has 4 heterocycles. The second kappa shape index (κ2) is 12.7. The van der Waals surface area contributed by atoms with Gasteiger partial charge in [0.1, 0.15) is 34.3 Å². The van der Waals surface area contributed by atoms with Gasteiger partial charge in [-0.25, -0.2) is 9.97 Å². The van der Waals surface area contributed by atoms with Gasteiger partial charge in [0.2, 0.25) is 0 Å². The number of benzene rings is 7. The number of fused-ring (bicyclic) bond motifs is 6. The Morgan fingerprint density at radius 2 is 1.27 bits per heavy atom. The molecule has 0 N–H and O–H groups in total. The molecule has 0 saturated carbocycles. The summed E-state index contributed by atoms with van der Waals surface area (Å²) >= 11 is 0. The molecule has 11 rings (SSSR count). The third-order valence-corrected chi connectivity index (χ3v) is 16.0. The number of imidazole rings is 1. The van der Waals surface area contributed by atoms with E-state index in [1.807, 2.05) is 60.8 Å². The highest BCUT2D eigenvalue weighted by molar-refractivity contribution is 7.21. The Hall–Kier alpha value is -7.22. The molecule has 0 bridgehead atoms. The minimum Gasteiger partial charge on any atom is -0.457 e. The summed E-state index contributed by atoms with van der Waals surface area (Å²) in [5.41, 5.74) is 6.89. The van der Waals surface area contributed by atoms with Gasteiger partial charge in [0, 0.05) is 41.3 Å². The first kappa shape index (κ1) is 32.2. The third-order valence-electron chi connectivity index (χ3n) is 11.2. The highest BCUT2D eigenvalue weighted by Gasteiger charge is 2.49. The Morgan fingerprint density at radius 1 is 0.554 bits per heavy atom. The van der Waals surface area contributed by atoms with E-state index in [2.05, 4.69) is 144 Å². The van der Waals surface area contributed by atoms with Crippen LogP contribution in [0.3, 0.4) is 0 Å². The average molecular weight is 739 g/mol. The summed E-state index contributed by atoms with van der Waals surface area (Å²) in [4.78, 5) is 12.2. The van der Waals surface area contributed by atoms with Crippen molar-refractivity contribution in [2.75, 3.05) is 4.90 Å². The minimum atomic E-state index is -3.00. The lowest BCUT2D eigenvalue weighted by molar-refractivity contribution is 0.483. The molecule has 7 aromatic carbocycles. The van der Waals surface area contributed by atoms with Crippen LogP contribution in [0.4, 0.5) is 17.2 Å². The molecule has 1 aliphatic heterocycles. The molecule has 10 aromatic rings. The number of rotatable bonds is 6. The van der Waals surface area contributed by atoms with Crippen LogP contribution in [0, 0.1) is 0 Å². The molecule has 0 saturated heterocycles. The Balaban J connectivity index is 1.16. The molecule has 7 heteroatoms. The molecule has 6 nitrogen and oxygen atoms in total. The summed E-state index contributed by atoms with van der Waals surface area (Å²) in [6, 6.07) is 64.0. The Morgan fingerprint density at radius 3 is 2.05 bits per heavy atom. The predicted molar refractivity (Wildman–Crippen MR) is 230 cm³/mol. The van der Waals surface area contributed by atoms with E-state index in [0.717, 1.165) is 73.1 Å². The maximum absolute atomic E-state index is 6.80. The highest BCUT2D eigenvalue weighted by Crippen LogP contribution is 2.42. The summed E-state index contributed by atoms with van der Waals surface area (Å²) in [6.07, 6.45) is 1.86. The first-order valence-corrected chi connectivity index (χ1v) is 20.8. The summed E-state index contributed by atoms with van der Waals surface area (Å²) in [7, 11) is -0.947. The number of furan rings is 1. The largest absolute Gasteiger partial charge is 0.457 e. The summed E-state index contributed by atoms with van der Waals surface area (Å²) in [5.74, 6) is 3.18. The van der Waals surface area contributed by atoms with Crippen molar-refractivity contribution < 1.29 is 9.15 Å². The van der Waals surface area contributed by atoms with Crippen molar-refractivity contribution in [1.29, 1.82) is 0 Å². The number of hydrogen-bond donors (Lipinski definition) is 0. The molecule has 0 spiro atoms. The SMILES string of the molecule is Cn1c(-c2cccc(Oc3ccc4c(c3)N(c3ccccn3)c3cc5c(cc3[Si]4(c3ccccc3)c3ccccc3)oc3ccccc35)c2)nc2ccccc21. The Labute approximate surface area is 324 Å². The van der Waals surface area contributed by atoms with E-state index in [-0.39, 0.29) is 0 Å². The Bertz CT molecular complexity index is 3050. The maximum atomic E-state index is 6.80. The normalized spacial score (nSPS) is 13.2. The molecule has 56 heavy (non-hydrogen) atoms. The number of anilines is 3. The Kier molecular flexibility index (Phi) is 7.30. The fourth-order valence-electron chi connectivity index (χ4n) is 8.73. The zero-order valence-electron chi connectivity index (χ0n) is 30.5. The fourth-order valence-corrected chi connectivity index (χ4v) is 13.8. The maximum Gasteiger partial charge on any atom is 0.184 e. The van der Waals surface area contributed by atoms with Gasteiger partial charge in [-0.3, -0.25) is 4.90 Å². The van der Waals surface area contributed by atoms with Crippen molar-refractivity contribution in [3.05, 3.63) is 188 Å². The van der Waals surface area contributed by atoms with Crippen LogP contribution in [0.2, 0.25) is 0 Å². The van der Waals surface area contributed by atoms with Crippen LogP contribution in [0.25, 0.3) is 44.4 Å². The van der Waals surface area contributed by atoms with Gasteiger partial charge in [-0.05, 0) is 81.4 Å². The van der Waals surface area contributed by atoms with Gasteiger partial charge in [-0.15, -0.1) is 0 Å². The smallest absolute Gasteiger partial charge is 0.184 e. The number of ether oxygens (including phenoxy) is 1. The van der Waals surface area contributed by atoms with Crippen LogP contribution < -0.4 is 30.4 Å². The van der Waals surface area contributed by atoms with Crippen LogP contribution in [0.1, 0.15) is 0 Å². The molecular formula is C49H34N4O2Si. The first-order valence-electron chi connectivity index (χ1n) is 18.8. The highest BCUT2D eigenvalue weighted by atomic mass is 28.3. The number of nitrogens with zero attached hydrogens (tertiary/aromatic N) is 4. The average Bonchev–Trinajstić information content (AvgIpc) is 3.80. The molecule has 0 fully saturated rings. The monoisotopic (exact) mass is 738 g/mol. The van der Waals surface area contributed by atoms with Gasteiger partial charge in [0.15, 0.2) is 8.07 Å². The van der Waals surface area contributed by atoms with Gasteiger partial charge in [0.25, 0.3) is 0 Å². The number of hydrogen-bond acceptors (Lipinski definition) is 5. The zero-order valence-corrected chi connectivity index (χ0v) is 31.5. The van der Waals surface area contributed by atoms with Crippen molar-refractivity contribution in [2.45, 2.75) is 0 Å². The molecule has 1 aliphatic rings. The lowest BCUT2D eigenvalue weighted by Crippen LogP contribution is -2.77. The molecular weight excluding hydrogens is 705 g/mol. The van der Waals surface area contributed by atoms with Crippen molar-refractivity contribution in [1.82, 2.24) is 14.5 Å². The van der Waals surface area contributed by atoms with E-state index in [9.17, 15) is 0 Å². The molecule has 0 amide bonds. The summed E-state index contributed by atoms with van der Waals surface area (Å²) in [5, 5.41) is 7.20. The van der Waals surface area contributed by atoms with Crippen molar-refractivity contribution in [3.8, 4) is 22.9 Å². The second-order valence-electron chi connectivity index (χ2n) is 14.3. The summed E-state index contributed by atoms with van der Waals surface area (Å²) in [6.45, 7) is 0. The standard InChI is InChI=1S/C49H34N4O2Si/c1-52-41-23-10-9-22-40(41)51-49(52)33-15-14-16-34(29-33)54-35-26-27-46-42(30-35)53(48-25-12-13-28-50-48)43-31-39-38-21-8-11-24-44(38)55-45(39)32-47(43)56(46,36-17-4-2-5-18-36)37-19-6-3-7-20-37/h2-32H,1H3. The third kappa shape index (κ3) is 4.88. The molecule has 0 radical (unpaired) electrons. The van der Waals surface area contributed by atoms with Crippen LogP contribution in [-0.2, 0) is 7.05 Å².